The van der Waals surface area contributed by atoms with Crippen molar-refractivity contribution in [3.05, 3.63) is 23.8 Å². The van der Waals surface area contributed by atoms with Crippen LogP contribution in [0, 0.1) is 0 Å². The van der Waals surface area contributed by atoms with E-state index in [1.165, 1.54) is 13.2 Å². The normalized spacial score (nSPS) is 17.1. The lowest BCUT2D eigenvalue weighted by atomic mass is 10.0. The number of hydrogen-bond donors (Lipinski definition) is 2. The minimum absolute atomic E-state index is 0.0632. The fourth-order valence-corrected chi connectivity index (χ4v) is 3.29. The van der Waals surface area contributed by atoms with E-state index in [0.717, 1.165) is 11.3 Å². The topological polar surface area (TPSA) is 84.9 Å². The molecule has 1 aromatic rings. The fraction of sp³-hybridized carbons (Fsp3) is 0.571. The molecule has 0 spiro atoms. The van der Waals surface area contributed by atoms with Gasteiger partial charge in [-0.3, -0.25) is 0 Å². The molecule has 0 fully saturated rings. The number of rotatable bonds is 7. The minimum atomic E-state index is -3.65. The Bertz CT molecular complexity index is 597. The van der Waals surface area contributed by atoms with Gasteiger partial charge in [-0.05, 0) is 30.7 Å². The lowest BCUT2D eigenvalue weighted by Crippen LogP contribution is -2.41. The molecule has 0 bridgehead atoms. The average Bonchev–Trinajstić information content (AvgIpc) is 2.91. The molecule has 0 amide bonds. The SMILES string of the molecule is COCCC(C)(O)CNS(=O)(=O)c1ccc2c(c1)CCO2. The number of hydrogen-bond acceptors (Lipinski definition) is 5. The molecule has 6 nitrogen and oxygen atoms in total. The number of fused-ring (bicyclic) bond motifs is 1. The monoisotopic (exact) mass is 315 g/mol. The summed E-state index contributed by atoms with van der Waals surface area (Å²) >= 11 is 0. The van der Waals surface area contributed by atoms with E-state index in [0.29, 0.717) is 26.1 Å². The third-order valence-electron chi connectivity index (χ3n) is 3.46. The predicted octanol–water partition coefficient (Wildman–Crippen LogP) is 0.687. The Morgan fingerprint density at radius 2 is 2.24 bits per heavy atom. The molecule has 118 valence electrons. The zero-order chi connectivity index (χ0) is 15.5. The van der Waals surface area contributed by atoms with Crippen LogP contribution in [-0.2, 0) is 21.2 Å². The molecule has 0 saturated heterocycles. The molecule has 0 aliphatic carbocycles. The van der Waals surface area contributed by atoms with Gasteiger partial charge in [0.15, 0.2) is 0 Å². The van der Waals surface area contributed by atoms with E-state index < -0.39 is 15.6 Å². The zero-order valence-electron chi connectivity index (χ0n) is 12.3. The highest BCUT2D eigenvalue weighted by atomic mass is 32.2. The molecule has 1 aromatic carbocycles. The molecule has 1 atom stereocenters. The lowest BCUT2D eigenvalue weighted by molar-refractivity contribution is 0.0292. The van der Waals surface area contributed by atoms with Gasteiger partial charge in [0.25, 0.3) is 0 Å². The summed E-state index contributed by atoms with van der Waals surface area (Å²) in [5.41, 5.74) is -0.257. The van der Waals surface area contributed by atoms with E-state index >= 15 is 0 Å². The first kappa shape index (κ1) is 16.2. The van der Waals surface area contributed by atoms with Crippen LogP contribution in [0.5, 0.6) is 5.75 Å². The average molecular weight is 315 g/mol. The molecular weight excluding hydrogens is 294 g/mol. The number of benzene rings is 1. The second-order valence-electron chi connectivity index (χ2n) is 5.43. The van der Waals surface area contributed by atoms with Crippen LogP contribution in [0.15, 0.2) is 23.1 Å². The summed E-state index contributed by atoms with van der Waals surface area (Å²) in [6.07, 6.45) is 1.06. The van der Waals surface area contributed by atoms with Crippen LogP contribution in [0.4, 0.5) is 0 Å². The molecule has 1 heterocycles. The Kier molecular flexibility index (Phi) is 4.88. The van der Waals surface area contributed by atoms with Crippen molar-refractivity contribution in [2.75, 3.05) is 26.9 Å². The van der Waals surface area contributed by atoms with Gasteiger partial charge < -0.3 is 14.6 Å². The van der Waals surface area contributed by atoms with Gasteiger partial charge in [-0.2, -0.15) is 0 Å². The van der Waals surface area contributed by atoms with E-state index in [-0.39, 0.29) is 11.4 Å². The molecule has 1 aliphatic heterocycles. The molecule has 0 radical (unpaired) electrons. The van der Waals surface area contributed by atoms with Gasteiger partial charge in [-0.25, -0.2) is 13.1 Å². The Balaban J connectivity index is 2.05. The summed E-state index contributed by atoms with van der Waals surface area (Å²) in [7, 11) is -2.11. The van der Waals surface area contributed by atoms with Gasteiger partial charge in [-0.15, -0.1) is 0 Å². The van der Waals surface area contributed by atoms with Crippen molar-refractivity contribution in [3.63, 3.8) is 0 Å². The van der Waals surface area contributed by atoms with E-state index in [9.17, 15) is 13.5 Å². The molecular formula is C14H21NO5S. The Labute approximate surface area is 125 Å². The summed E-state index contributed by atoms with van der Waals surface area (Å²) in [5, 5.41) is 10.1. The first-order chi connectivity index (χ1) is 9.84. The molecule has 0 aromatic heterocycles. The summed E-state index contributed by atoms with van der Waals surface area (Å²) in [6.45, 7) is 2.46. The zero-order valence-corrected chi connectivity index (χ0v) is 13.1. The molecule has 2 N–H and O–H groups in total. The van der Waals surface area contributed by atoms with Crippen molar-refractivity contribution in [2.45, 2.75) is 30.3 Å². The Morgan fingerprint density at radius 3 is 2.95 bits per heavy atom. The molecule has 2 rings (SSSR count). The van der Waals surface area contributed by atoms with Gasteiger partial charge in [0.1, 0.15) is 5.75 Å². The number of sulfonamides is 1. The quantitative estimate of drug-likeness (QED) is 0.773. The van der Waals surface area contributed by atoms with Crippen LogP contribution in [0.25, 0.3) is 0 Å². The Morgan fingerprint density at radius 1 is 1.48 bits per heavy atom. The van der Waals surface area contributed by atoms with Crippen LogP contribution in [0.3, 0.4) is 0 Å². The lowest BCUT2D eigenvalue weighted by Gasteiger charge is -2.23. The van der Waals surface area contributed by atoms with Gasteiger partial charge in [0.05, 0.1) is 17.1 Å². The van der Waals surface area contributed by atoms with Crippen LogP contribution in [0.2, 0.25) is 0 Å². The van der Waals surface area contributed by atoms with Crippen LogP contribution >= 0.6 is 0 Å². The second kappa shape index (κ2) is 6.31. The number of ether oxygens (including phenoxy) is 2. The predicted molar refractivity (Wildman–Crippen MR) is 77.9 cm³/mol. The Hall–Kier alpha value is -1.15. The minimum Gasteiger partial charge on any atom is -0.493 e. The molecule has 21 heavy (non-hydrogen) atoms. The standard InChI is InChI=1S/C14H21NO5S/c1-14(16,6-8-19-2)10-15-21(17,18)12-3-4-13-11(9-12)5-7-20-13/h3-4,9,15-16H,5-8,10H2,1-2H3. The fourth-order valence-electron chi connectivity index (χ4n) is 2.07. The van der Waals surface area contributed by atoms with Gasteiger partial charge in [0.2, 0.25) is 10.0 Å². The van der Waals surface area contributed by atoms with Gasteiger partial charge in [0, 0.05) is 33.1 Å². The van der Waals surface area contributed by atoms with Crippen LogP contribution < -0.4 is 9.46 Å². The van der Waals surface area contributed by atoms with Crippen LogP contribution in [-0.4, -0.2) is 46.0 Å². The van der Waals surface area contributed by atoms with Gasteiger partial charge >= 0.3 is 0 Å². The second-order valence-corrected chi connectivity index (χ2v) is 7.20. The summed E-state index contributed by atoms with van der Waals surface area (Å²) in [4.78, 5) is 0.189. The number of methoxy groups -OCH3 is 1. The molecule has 0 saturated carbocycles. The third kappa shape index (κ3) is 4.16. The molecule has 1 unspecified atom stereocenters. The van der Waals surface area contributed by atoms with E-state index in [1.54, 1.807) is 19.1 Å². The maximum Gasteiger partial charge on any atom is 0.240 e. The summed E-state index contributed by atoms with van der Waals surface area (Å²) in [6, 6.07) is 4.80. The van der Waals surface area contributed by atoms with E-state index in [4.69, 9.17) is 9.47 Å². The number of nitrogens with one attached hydrogen (secondary N) is 1. The maximum atomic E-state index is 12.3. The highest BCUT2D eigenvalue weighted by molar-refractivity contribution is 7.89. The number of aliphatic hydroxyl groups is 1. The smallest absolute Gasteiger partial charge is 0.240 e. The largest absolute Gasteiger partial charge is 0.493 e. The third-order valence-corrected chi connectivity index (χ3v) is 4.86. The van der Waals surface area contributed by atoms with Crippen molar-refractivity contribution < 1.29 is 23.0 Å². The van der Waals surface area contributed by atoms with Gasteiger partial charge in [-0.1, -0.05) is 0 Å². The van der Waals surface area contributed by atoms with Crippen molar-refractivity contribution in [3.8, 4) is 5.75 Å². The van der Waals surface area contributed by atoms with E-state index in [2.05, 4.69) is 4.72 Å². The first-order valence-electron chi connectivity index (χ1n) is 6.81. The van der Waals surface area contributed by atoms with E-state index in [1.807, 2.05) is 0 Å². The van der Waals surface area contributed by atoms with Crippen molar-refractivity contribution in [1.29, 1.82) is 0 Å². The molecule has 1 aliphatic rings. The highest BCUT2D eigenvalue weighted by Crippen LogP contribution is 2.27. The maximum absolute atomic E-state index is 12.3. The first-order valence-corrected chi connectivity index (χ1v) is 8.29. The van der Waals surface area contributed by atoms with Crippen molar-refractivity contribution >= 4 is 10.0 Å². The molecule has 7 heteroatoms. The van der Waals surface area contributed by atoms with Crippen molar-refractivity contribution in [1.82, 2.24) is 4.72 Å². The summed E-state index contributed by atoms with van der Waals surface area (Å²) < 4.78 is 37.2. The summed E-state index contributed by atoms with van der Waals surface area (Å²) in [5.74, 6) is 0.737. The van der Waals surface area contributed by atoms with Crippen molar-refractivity contribution in [2.24, 2.45) is 0 Å². The van der Waals surface area contributed by atoms with Crippen LogP contribution in [0.1, 0.15) is 18.9 Å². The highest BCUT2D eigenvalue weighted by Gasteiger charge is 2.25.